The van der Waals surface area contributed by atoms with E-state index in [9.17, 15) is 13.2 Å². The monoisotopic (exact) mass is 466 g/mol. The van der Waals surface area contributed by atoms with Crippen molar-refractivity contribution in [2.45, 2.75) is 4.90 Å². The molecule has 1 amide bonds. The first kappa shape index (κ1) is 21.4. The van der Waals surface area contributed by atoms with Gasteiger partial charge >= 0.3 is 0 Å². The highest BCUT2D eigenvalue weighted by atomic mass is 32.2. The molecule has 0 bridgehead atoms. The lowest BCUT2D eigenvalue weighted by Gasteiger charge is -2.34. The van der Waals surface area contributed by atoms with E-state index in [-0.39, 0.29) is 37.0 Å². The number of aromatic nitrogens is 2. The van der Waals surface area contributed by atoms with Crippen molar-refractivity contribution in [2.24, 2.45) is 0 Å². The molecular weight excluding hydrogens is 444 g/mol. The molecule has 0 atom stereocenters. The quantitative estimate of drug-likeness (QED) is 0.580. The molecule has 0 unspecified atom stereocenters. The number of sulfonamides is 1. The molecule has 3 aromatic rings. The fraction of sp³-hybridized carbons (Fsp3) is 0.261. The Labute approximate surface area is 191 Å². The maximum atomic E-state index is 13.1. The number of hydrogen-bond acceptors (Lipinski definition) is 7. The second-order valence-electron chi connectivity index (χ2n) is 7.66. The van der Waals surface area contributed by atoms with Gasteiger partial charge in [-0.1, -0.05) is 30.3 Å². The Hall–Kier alpha value is -3.50. The minimum absolute atomic E-state index is 0.149. The third-order valence-corrected chi connectivity index (χ3v) is 7.50. The van der Waals surface area contributed by atoms with E-state index in [1.54, 1.807) is 11.0 Å². The molecule has 5 rings (SSSR count). The van der Waals surface area contributed by atoms with Crippen LogP contribution in [0, 0.1) is 0 Å². The van der Waals surface area contributed by atoms with Gasteiger partial charge in [0.25, 0.3) is 5.91 Å². The summed E-state index contributed by atoms with van der Waals surface area (Å²) in [5.74, 6) is 1.29. The predicted octanol–water partition coefficient (Wildman–Crippen LogP) is 2.06. The summed E-state index contributed by atoms with van der Waals surface area (Å²) in [6, 6.07) is 14.1. The van der Waals surface area contributed by atoms with Gasteiger partial charge in [-0.05, 0) is 12.1 Å². The normalized spacial score (nSPS) is 16.4. The van der Waals surface area contributed by atoms with E-state index < -0.39 is 10.0 Å². The molecular formula is C23H22N4O5S. The molecule has 1 saturated heterocycles. The summed E-state index contributed by atoms with van der Waals surface area (Å²) >= 11 is 0. The maximum absolute atomic E-state index is 13.1. The second-order valence-corrected chi connectivity index (χ2v) is 9.60. The standard InChI is InChI=1S/C23H22N4O5S/c28-23(18-15-24-22(25-16-18)17-4-2-1-3-5-17)26-8-10-27(11-9-26)33(29,30)19-6-7-20-21(14-19)32-13-12-31-20/h1-7,14-16H,8-13H2. The second kappa shape index (κ2) is 8.80. The van der Waals surface area contributed by atoms with E-state index in [4.69, 9.17) is 9.47 Å². The molecule has 2 aliphatic heterocycles. The maximum Gasteiger partial charge on any atom is 0.257 e. The zero-order valence-corrected chi connectivity index (χ0v) is 18.6. The topological polar surface area (TPSA) is 102 Å². The zero-order chi connectivity index (χ0) is 22.8. The van der Waals surface area contributed by atoms with E-state index in [0.717, 1.165) is 5.56 Å². The molecule has 10 heteroatoms. The Kier molecular flexibility index (Phi) is 5.69. The summed E-state index contributed by atoms with van der Waals surface area (Å²) < 4.78 is 38.6. The van der Waals surface area contributed by atoms with Gasteiger partial charge in [-0.2, -0.15) is 4.31 Å². The van der Waals surface area contributed by atoms with Crippen molar-refractivity contribution in [1.82, 2.24) is 19.2 Å². The third kappa shape index (κ3) is 4.27. The van der Waals surface area contributed by atoms with Crippen molar-refractivity contribution in [3.05, 3.63) is 66.5 Å². The van der Waals surface area contributed by atoms with E-state index in [2.05, 4.69) is 9.97 Å². The average Bonchev–Trinajstić information content (AvgIpc) is 2.88. The van der Waals surface area contributed by atoms with Crippen molar-refractivity contribution >= 4 is 15.9 Å². The van der Waals surface area contributed by atoms with Crippen LogP contribution in [0.15, 0.2) is 65.8 Å². The Bertz CT molecular complexity index is 1260. The van der Waals surface area contributed by atoms with Gasteiger partial charge in [0.05, 0.1) is 10.5 Å². The molecule has 1 aromatic heterocycles. The summed E-state index contributed by atoms with van der Waals surface area (Å²) in [7, 11) is -3.71. The molecule has 3 heterocycles. The number of nitrogens with zero attached hydrogens (tertiary/aromatic N) is 4. The minimum Gasteiger partial charge on any atom is -0.486 e. The van der Waals surface area contributed by atoms with Crippen molar-refractivity contribution in [2.75, 3.05) is 39.4 Å². The van der Waals surface area contributed by atoms with Gasteiger partial charge in [0, 0.05) is 50.2 Å². The molecule has 0 radical (unpaired) electrons. The number of piperazine rings is 1. The Balaban J connectivity index is 1.24. The summed E-state index contributed by atoms with van der Waals surface area (Å²) in [4.78, 5) is 23.3. The van der Waals surface area contributed by atoms with E-state index in [0.29, 0.717) is 36.1 Å². The number of rotatable bonds is 4. The number of ether oxygens (including phenoxy) is 2. The van der Waals surface area contributed by atoms with Gasteiger partial charge in [-0.25, -0.2) is 18.4 Å². The van der Waals surface area contributed by atoms with Crippen LogP contribution in [-0.2, 0) is 10.0 Å². The van der Waals surface area contributed by atoms with Gasteiger partial charge in [0.1, 0.15) is 13.2 Å². The van der Waals surface area contributed by atoms with Crippen molar-refractivity contribution in [1.29, 1.82) is 0 Å². The molecule has 2 aliphatic rings. The first-order chi connectivity index (χ1) is 16.0. The number of carbonyl (C=O) groups is 1. The number of benzene rings is 2. The first-order valence-electron chi connectivity index (χ1n) is 10.6. The summed E-state index contributed by atoms with van der Waals surface area (Å²) in [5.41, 5.74) is 1.24. The molecule has 9 nitrogen and oxygen atoms in total. The number of amides is 1. The van der Waals surface area contributed by atoms with Gasteiger partial charge in [0.15, 0.2) is 17.3 Å². The van der Waals surface area contributed by atoms with Crippen LogP contribution in [-0.4, -0.2) is 72.9 Å². The van der Waals surface area contributed by atoms with E-state index in [1.807, 2.05) is 30.3 Å². The molecule has 0 spiro atoms. The minimum atomic E-state index is -3.71. The smallest absolute Gasteiger partial charge is 0.257 e. The number of carbonyl (C=O) groups excluding carboxylic acids is 1. The lowest BCUT2D eigenvalue weighted by Crippen LogP contribution is -2.50. The lowest BCUT2D eigenvalue weighted by molar-refractivity contribution is 0.0697. The van der Waals surface area contributed by atoms with Gasteiger partial charge in [-0.15, -0.1) is 0 Å². The highest BCUT2D eigenvalue weighted by molar-refractivity contribution is 7.89. The van der Waals surface area contributed by atoms with Crippen LogP contribution in [0.2, 0.25) is 0 Å². The Morgan fingerprint density at radius 1 is 0.848 bits per heavy atom. The fourth-order valence-corrected chi connectivity index (χ4v) is 5.26. The van der Waals surface area contributed by atoms with Crippen molar-refractivity contribution in [3.8, 4) is 22.9 Å². The molecule has 170 valence electrons. The third-order valence-electron chi connectivity index (χ3n) is 5.61. The van der Waals surface area contributed by atoms with Crippen LogP contribution in [0.5, 0.6) is 11.5 Å². The molecule has 2 aromatic carbocycles. The zero-order valence-electron chi connectivity index (χ0n) is 17.8. The van der Waals surface area contributed by atoms with Crippen LogP contribution in [0.1, 0.15) is 10.4 Å². The van der Waals surface area contributed by atoms with E-state index >= 15 is 0 Å². The van der Waals surface area contributed by atoms with Crippen molar-refractivity contribution < 1.29 is 22.7 Å². The van der Waals surface area contributed by atoms with Gasteiger partial charge in [-0.3, -0.25) is 4.79 Å². The van der Waals surface area contributed by atoms with Gasteiger partial charge in [0.2, 0.25) is 10.0 Å². The molecule has 1 fully saturated rings. The molecule has 0 aliphatic carbocycles. The van der Waals surface area contributed by atoms with Crippen LogP contribution < -0.4 is 9.47 Å². The Morgan fingerprint density at radius 2 is 1.52 bits per heavy atom. The van der Waals surface area contributed by atoms with Crippen molar-refractivity contribution in [3.63, 3.8) is 0 Å². The largest absolute Gasteiger partial charge is 0.486 e. The van der Waals surface area contributed by atoms with Crippen LogP contribution in [0.25, 0.3) is 11.4 Å². The van der Waals surface area contributed by atoms with Gasteiger partial charge < -0.3 is 14.4 Å². The SMILES string of the molecule is O=C(c1cnc(-c2ccccc2)nc1)N1CCN(S(=O)(=O)c2ccc3c(c2)OCCO3)CC1. The lowest BCUT2D eigenvalue weighted by atomic mass is 10.2. The highest BCUT2D eigenvalue weighted by Gasteiger charge is 2.31. The van der Waals surface area contributed by atoms with E-state index in [1.165, 1.54) is 28.8 Å². The summed E-state index contributed by atoms with van der Waals surface area (Å²) in [6.07, 6.45) is 3.02. The molecule has 0 saturated carbocycles. The first-order valence-corrected chi connectivity index (χ1v) is 12.0. The average molecular weight is 467 g/mol. The fourth-order valence-electron chi connectivity index (χ4n) is 3.82. The summed E-state index contributed by atoms with van der Waals surface area (Å²) in [6.45, 7) is 1.78. The van der Waals surface area contributed by atoms with Crippen LogP contribution in [0.4, 0.5) is 0 Å². The molecule has 33 heavy (non-hydrogen) atoms. The highest BCUT2D eigenvalue weighted by Crippen LogP contribution is 2.33. The Morgan fingerprint density at radius 3 is 2.21 bits per heavy atom. The molecule has 0 N–H and O–H groups in total. The number of hydrogen-bond donors (Lipinski definition) is 0. The predicted molar refractivity (Wildman–Crippen MR) is 120 cm³/mol. The van der Waals surface area contributed by atoms with Crippen LogP contribution >= 0.6 is 0 Å². The summed E-state index contributed by atoms with van der Waals surface area (Å²) in [5, 5.41) is 0. The van der Waals surface area contributed by atoms with Crippen LogP contribution in [0.3, 0.4) is 0 Å². The number of fused-ring (bicyclic) bond motifs is 1.